The SMILES string of the molecule is COc1nc(NC(=O)NS(=O)(=O)c2cccc3c2SN(C)C3)nc(OC)n1. The number of anilines is 1. The zero-order chi connectivity index (χ0) is 19.6. The number of nitrogens with zero attached hydrogens (tertiary/aromatic N) is 4. The van der Waals surface area contributed by atoms with E-state index >= 15 is 0 Å². The van der Waals surface area contributed by atoms with Crippen molar-refractivity contribution in [2.45, 2.75) is 16.3 Å². The first-order valence-corrected chi connectivity index (χ1v) is 9.77. The number of aromatic nitrogens is 3. The summed E-state index contributed by atoms with van der Waals surface area (Å²) in [6.45, 7) is 0.611. The first-order valence-electron chi connectivity index (χ1n) is 7.51. The summed E-state index contributed by atoms with van der Waals surface area (Å²) in [5.41, 5.74) is 0.873. The minimum absolute atomic E-state index is 0.0234. The van der Waals surface area contributed by atoms with Gasteiger partial charge in [0.2, 0.25) is 5.95 Å². The van der Waals surface area contributed by atoms with Crippen LogP contribution in [0.15, 0.2) is 28.0 Å². The van der Waals surface area contributed by atoms with Gasteiger partial charge in [-0.05, 0) is 30.6 Å². The molecule has 0 fully saturated rings. The standard InChI is InChI=1S/C14H16N6O5S2/c1-20-7-8-5-4-6-9(10(8)26-20)27(22,23)19-12(21)15-11-16-13(24-2)18-14(17-11)25-3/h4-6H,7H2,1-3H3,(H2,15,16,17,18,19,21). The summed E-state index contributed by atoms with van der Waals surface area (Å²) in [4.78, 5) is 24.2. The number of carbonyl (C=O) groups is 1. The zero-order valence-electron chi connectivity index (χ0n) is 14.6. The summed E-state index contributed by atoms with van der Waals surface area (Å²) in [6.07, 6.45) is 0. The van der Waals surface area contributed by atoms with Crippen LogP contribution in [0.3, 0.4) is 0 Å². The Morgan fingerprint density at radius 1 is 1.19 bits per heavy atom. The van der Waals surface area contributed by atoms with Gasteiger partial charge in [0.1, 0.15) is 4.90 Å². The van der Waals surface area contributed by atoms with Gasteiger partial charge >= 0.3 is 18.1 Å². The molecule has 13 heteroatoms. The van der Waals surface area contributed by atoms with Crippen molar-refractivity contribution < 1.29 is 22.7 Å². The Hall–Kier alpha value is -2.64. The maximum atomic E-state index is 12.6. The van der Waals surface area contributed by atoms with Crippen molar-refractivity contribution >= 4 is 34.0 Å². The molecule has 0 bridgehead atoms. The zero-order valence-corrected chi connectivity index (χ0v) is 16.2. The lowest BCUT2D eigenvalue weighted by Crippen LogP contribution is -2.35. The predicted molar refractivity (Wildman–Crippen MR) is 96.0 cm³/mol. The van der Waals surface area contributed by atoms with Gasteiger partial charge in [-0.25, -0.2) is 22.2 Å². The van der Waals surface area contributed by atoms with Crippen molar-refractivity contribution in [2.24, 2.45) is 0 Å². The minimum Gasteiger partial charge on any atom is -0.467 e. The van der Waals surface area contributed by atoms with Crippen molar-refractivity contribution in [3.63, 3.8) is 0 Å². The van der Waals surface area contributed by atoms with E-state index in [1.807, 2.05) is 22.1 Å². The fourth-order valence-corrected chi connectivity index (χ4v) is 4.71. The van der Waals surface area contributed by atoms with Crippen LogP contribution in [-0.4, -0.2) is 55.0 Å². The van der Waals surface area contributed by atoms with E-state index < -0.39 is 16.1 Å². The molecule has 2 aromatic rings. The Labute approximate surface area is 159 Å². The first-order chi connectivity index (χ1) is 12.8. The number of hydrogen-bond donors (Lipinski definition) is 2. The fraction of sp³-hybridized carbons (Fsp3) is 0.286. The normalized spacial score (nSPS) is 13.7. The molecule has 0 unspecified atom stereocenters. The van der Waals surface area contributed by atoms with E-state index in [4.69, 9.17) is 9.47 Å². The molecule has 3 rings (SSSR count). The second-order valence-corrected chi connectivity index (χ2v) is 8.18. The number of carbonyl (C=O) groups excluding carboxylic acids is 1. The monoisotopic (exact) mass is 412 g/mol. The van der Waals surface area contributed by atoms with E-state index in [1.165, 1.54) is 32.2 Å². The summed E-state index contributed by atoms with van der Waals surface area (Å²) in [7, 11) is 0.401. The van der Waals surface area contributed by atoms with Gasteiger partial charge in [0.25, 0.3) is 10.0 Å². The molecule has 11 nitrogen and oxygen atoms in total. The van der Waals surface area contributed by atoms with Crippen LogP contribution in [0.4, 0.5) is 10.7 Å². The van der Waals surface area contributed by atoms with Crippen LogP contribution in [0.2, 0.25) is 0 Å². The summed E-state index contributed by atoms with van der Waals surface area (Å²) >= 11 is 1.30. The van der Waals surface area contributed by atoms with Crippen LogP contribution in [0.1, 0.15) is 5.56 Å². The minimum atomic E-state index is -4.10. The molecule has 0 atom stereocenters. The third kappa shape index (κ3) is 4.20. The van der Waals surface area contributed by atoms with Crippen LogP contribution in [-0.2, 0) is 16.6 Å². The number of nitrogens with one attached hydrogen (secondary N) is 2. The summed E-state index contributed by atoms with van der Waals surface area (Å²) in [6, 6.07) is 3.69. The van der Waals surface area contributed by atoms with Crippen LogP contribution < -0.4 is 19.5 Å². The third-order valence-electron chi connectivity index (χ3n) is 3.40. The van der Waals surface area contributed by atoms with E-state index in [0.717, 1.165) is 5.56 Å². The average Bonchev–Trinajstić information content (AvgIpc) is 3.00. The highest BCUT2D eigenvalue weighted by Crippen LogP contribution is 2.38. The van der Waals surface area contributed by atoms with Gasteiger partial charge in [0, 0.05) is 11.4 Å². The third-order valence-corrected chi connectivity index (χ3v) is 6.01. The van der Waals surface area contributed by atoms with Gasteiger partial charge in [-0.3, -0.25) is 5.32 Å². The molecule has 0 spiro atoms. The van der Waals surface area contributed by atoms with E-state index in [2.05, 4.69) is 20.3 Å². The Kier molecular flexibility index (Phi) is 5.34. The highest BCUT2D eigenvalue weighted by molar-refractivity contribution is 7.98. The fourth-order valence-electron chi connectivity index (χ4n) is 2.31. The summed E-state index contributed by atoms with van der Waals surface area (Å²) in [5.74, 6) is -0.223. The smallest absolute Gasteiger partial charge is 0.335 e. The molecule has 1 aromatic carbocycles. The maximum Gasteiger partial charge on any atom is 0.335 e. The van der Waals surface area contributed by atoms with E-state index in [1.54, 1.807) is 6.07 Å². The van der Waals surface area contributed by atoms with Crippen LogP contribution in [0, 0.1) is 0 Å². The first kappa shape index (κ1) is 19.1. The quantitative estimate of drug-likeness (QED) is 0.680. The summed E-state index contributed by atoms with van der Waals surface area (Å²) < 4.78 is 38.9. The Morgan fingerprint density at radius 2 is 1.85 bits per heavy atom. The molecule has 1 aliphatic rings. The number of rotatable bonds is 5. The average molecular weight is 412 g/mol. The molecule has 0 radical (unpaired) electrons. The van der Waals surface area contributed by atoms with Crippen LogP contribution in [0.25, 0.3) is 0 Å². The van der Waals surface area contributed by atoms with Crippen molar-refractivity contribution in [2.75, 3.05) is 26.6 Å². The van der Waals surface area contributed by atoms with Gasteiger partial charge in [0.15, 0.2) is 0 Å². The highest BCUT2D eigenvalue weighted by atomic mass is 32.2. The molecule has 0 saturated heterocycles. The van der Waals surface area contributed by atoms with Gasteiger partial charge in [-0.1, -0.05) is 12.1 Å². The number of benzene rings is 1. The topological polar surface area (TPSA) is 136 Å². The molecule has 144 valence electrons. The number of fused-ring (bicyclic) bond motifs is 1. The van der Waals surface area contributed by atoms with Crippen LogP contribution >= 0.6 is 11.9 Å². The second kappa shape index (κ2) is 7.54. The molecule has 0 saturated carbocycles. The molecule has 1 aliphatic heterocycles. The number of hydrogen-bond acceptors (Lipinski definition) is 10. The second-order valence-electron chi connectivity index (χ2n) is 5.31. The molecule has 2 N–H and O–H groups in total. The number of sulfonamides is 1. The molecule has 0 aliphatic carbocycles. The molecule has 2 heterocycles. The van der Waals surface area contributed by atoms with E-state index in [0.29, 0.717) is 11.4 Å². The van der Waals surface area contributed by atoms with Gasteiger partial charge < -0.3 is 9.47 Å². The lowest BCUT2D eigenvalue weighted by molar-refractivity contribution is 0.256. The molecule has 2 amide bonds. The number of urea groups is 1. The van der Waals surface area contributed by atoms with E-state index in [9.17, 15) is 13.2 Å². The maximum absolute atomic E-state index is 12.6. The van der Waals surface area contributed by atoms with Crippen molar-refractivity contribution in [3.05, 3.63) is 23.8 Å². The number of amides is 2. The largest absolute Gasteiger partial charge is 0.467 e. The lowest BCUT2D eigenvalue weighted by atomic mass is 10.2. The van der Waals surface area contributed by atoms with Crippen LogP contribution in [0.5, 0.6) is 12.0 Å². The molecule has 27 heavy (non-hydrogen) atoms. The lowest BCUT2D eigenvalue weighted by Gasteiger charge is -2.11. The summed E-state index contributed by atoms with van der Waals surface area (Å²) in [5, 5.41) is 2.23. The van der Waals surface area contributed by atoms with Gasteiger partial charge in [0.05, 0.1) is 14.2 Å². The van der Waals surface area contributed by atoms with Crippen molar-refractivity contribution in [1.82, 2.24) is 24.0 Å². The highest BCUT2D eigenvalue weighted by Gasteiger charge is 2.28. The van der Waals surface area contributed by atoms with Crippen molar-refractivity contribution in [3.8, 4) is 12.0 Å². The van der Waals surface area contributed by atoms with Crippen molar-refractivity contribution in [1.29, 1.82) is 0 Å². The Bertz CT molecular complexity index is 962. The Morgan fingerprint density at radius 3 is 2.48 bits per heavy atom. The van der Waals surface area contributed by atoms with Gasteiger partial charge in [-0.2, -0.15) is 9.97 Å². The van der Waals surface area contributed by atoms with Gasteiger partial charge in [-0.15, -0.1) is 4.98 Å². The number of methoxy groups -OCH3 is 2. The predicted octanol–water partition coefficient (Wildman–Crippen LogP) is 0.852. The Balaban J connectivity index is 1.80. The number of ether oxygens (including phenoxy) is 2. The molecule has 1 aromatic heterocycles. The van der Waals surface area contributed by atoms with E-state index in [-0.39, 0.29) is 22.9 Å². The molecular formula is C14H16N6O5S2. The molecular weight excluding hydrogens is 396 g/mol.